The number of hydrogen-bond donors (Lipinski definition) is 1. The maximum atomic E-state index is 12.9. The average Bonchev–Trinajstić information content (AvgIpc) is 3.16. The van der Waals surface area contributed by atoms with Gasteiger partial charge in [0.25, 0.3) is 5.91 Å². The molecular weight excluding hydrogens is 394 g/mol. The molecule has 1 atom stereocenters. The van der Waals surface area contributed by atoms with Gasteiger partial charge in [0, 0.05) is 23.8 Å². The Balaban J connectivity index is 1.51. The maximum absolute atomic E-state index is 12.9. The first-order valence-electron chi connectivity index (χ1n) is 9.22. The number of piperidine rings is 1. The second kappa shape index (κ2) is 7.62. The monoisotopic (exact) mass is 415 g/mol. The van der Waals surface area contributed by atoms with Crippen LogP contribution in [0.4, 0.5) is 5.69 Å². The number of sulfonamides is 1. The van der Waals surface area contributed by atoms with Gasteiger partial charge in [0.15, 0.2) is 0 Å². The molecule has 8 heteroatoms. The van der Waals surface area contributed by atoms with E-state index in [1.807, 2.05) is 25.1 Å². The van der Waals surface area contributed by atoms with E-state index in [0.29, 0.717) is 17.8 Å². The number of amides is 1. The lowest BCUT2D eigenvalue weighted by Crippen LogP contribution is -2.41. The van der Waals surface area contributed by atoms with Crippen molar-refractivity contribution in [1.82, 2.24) is 9.29 Å². The van der Waals surface area contributed by atoms with Gasteiger partial charge in [0.1, 0.15) is 0 Å². The van der Waals surface area contributed by atoms with Crippen LogP contribution >= 0.6 is 11.3 Å². The van der Waals surface area contributed by atoms with Crippen LogP contribution in [0.1, 0.15) is 36.5 Å². The Morgan fingerprint density at radius 3 is 2.71 bits per heavy atom. The molecule has 0 saturated carbocycles. The first-order valence-corrected chi connectivity index (χ1v) is 11.5. The fourth-order valence-electron chi connectivity index (χ4n) is 3.48. The molecule has 1 amide bonds. The number of benzene rings is 2. The summed E-state index contributed by atoms with van der Waals surface area (Å²) in [5.41, 5.74) is 3.66. The molecule has 1 N–H and O–H groups in total. The van der Waals surface area contributed by atoms with Gasteiger partial charge < -0.3 is 5.32 Å². The van der Waals surface area contributed by atoms with Crippen molar-refractivity contribution in [3.63, 3.8) is 0 Å². The Morgan fingerprint density at radius 1 is 1.18 bits per heavy atom. The average molecular weight is 416 g/mol. The predicted molar refractivity (Wildman–Crippen MR) is 111 cm³/mol. The molecule has 3 aromatic rings. The van der Waals surface area contributed by atoms with Gasteiger partial charge in [-0.3, -0.25) is 4.79 Å². The van der Waals surface area contributed by atoms with Crippen molar-refractivity contribution in [2.45, 2.75) is 37.1 Å². The molecule has 146 valence electrons. The summed E-state index contributed by atoms with van der Waals surface area (Å²) in [4.78, 5) is 17.0. The van der Waals surface area contributed by atoms with Crippen molar-refractivity contribution in [1.29, 1.82) is 0 Å². The van der Waals surface area contributed by atoms with Crippen LogP contribution in [0.2, 0.25) is 0 Å². The van der Waals surface area contributed by atoms with Crippen molar-refractivity contribution >= 4 is 43.2 Å². The molecule has 1 saturated heterocycles. The van der Waals surface area contributed by atoms with Gasteiger partial charge in [-0.15, -0.1) is 11.3 Å². The lowest BCUT2D eigenvalue weighted by atomic mass is 10.1. The van der Waals surface area contributed by atoms with Gasteiger partial charge in [0.2, 0.25) is 10.0 Å². The van der Waals surface area contributed by atoms with Gasteiger partial charge in [-0.25, -0.2) is 13.4 Å². The molecule has 1 aliphatic heterocycles. The number of carbonyl (C=O) groups excluding carboxylic acids is 1. The Labute approximate surface area is 168 Å². The van der Waals surface area contributed by atoms with E-state index in [2.05, 4.69) is 10.3 Å². The van der Waals surface area contributed by atoms with Crippen molar-refractivity contribution in [2.24, 2.45) is 0 Å². The summed E-state index contributed by atoms with van der Waals surface area (Å²) in [6.45, 7) is 2.49. The molecule has 1 unspecified atom stereocenters. The number of nitrogens with one attached hydrogen (secondary N) is 1. The fourth-order valence-corrected chi connectivity index (χ4v) is 5.84. The molecule has 0 radical (unpaired) electrons. The quantitative estimate of drug-likeness (QED) is 0.695. The summed E-state index contributed by atoms with van der Waals surface area (Å²) >= 11 is 1.54. The lowest BCUT2D eigenvalue weighted by molar-refractivity contribution is 0.102. The summed E-state index contributed by atoms with van der Waals surface area (Å²) in [7, 11) is -3.54. The molecule has 1 fully saturated rings. The normalized spacial score (nSPS) is 18.2. The number of hydrogen-bond acceptors (Lipinski definition) is 5. The number of carbonyl (C=O) groups is 1. The molecule has 1 aromatic heterocycles. The molecule has 1 aliphatic rings. The molecule has 0 aliphatic carbocycles. The number of nitrogens with zero attached hydrogens (tertiary/aromatic N) is 2. The number of aromatic nitrogens is 1. The molecule has 0 spiro atoms. The van der Waals surface area contributed by atoms with E-state index in [4.69, 9.17) is 0 Å². The van der Waals surface area contributed by atoms with Gasteiger partial charge in [0.05, 0.1) is 20.6 Å². The van der Waals surface area contributed by atoms with Crippen LogP contribution in [-0.2, 0) is 10.0 Å². The Kier molecular flexibility index (Phi) is 5.18. The fraction of sp³-hybridized carbons (Fsp3) is 0.300. The highest BCUT2D eigenvalue weighted by molar-refractivity contribution is 7.89. The highest BCUT2D eigenvalue weighted by Gasteiger charge is 2.30. The summed E-state index contributed by atoms with van der Waals surface area (Å²) in [6.07, 6.45) is 2.81. The Hall–Kier alpha value is -2.29. The van der Waals surface area contributed by atoms with E-state index in [0.717, 1.165) is 29.5 Å². The van der Waals surface area contributed by atoms with E-state index < -0.39 is 10.0 Å². The standard InChI is InChI=1S/C20H21N3O3S2/c1-14-4-2-3-11-23(14)28(25,26)17-8-5-15(6-9-17)20(24)22-16-7-10-19-18(12-16)21-13-27-19/h5-10,12-14H,2-4,11H2,1H3,(H,22,24). The van der Waals surface area contributed by atoms with Gasteiger partial charge in [-0.2, -0.15) is 4.31 Å². The van der Waals surface area contributed by atoms with Crippen molar-refractivity contribution in [3.05, 3.63) is 53.5 Å². The first kappa shape index (κ1) is 19.0. The van der Waals surface area contributed by atoms with Crippen molar-refractivity contribution in [2.75, 3.05) is 11.9 Å². The molecular formula is C20H21N3O3S2. The van der Waals surface area contributed by atoms with Gasteiger partial charge in [-0.05, 0) is 62.2 Å². The smallest absolute Gasteiger partial charge is 0.255 e. The highest BCUT2D eigenvalue weighted by atomic mass is 32.2. The Morgan fingerprint density at radius 2 is 1.96 bits per heavy atom. The second-order valence-corrected chi connectivity index (χ2v) is 9.75. The molecule has 2 heterocycles. The van der Waals surface area contributed by atoms with Crippen LogP contribution in [-0.4, -0.2) is 36.2 Å². The summed E-state index contributed by atoms with van der Waals surface area (Å²) in [5, 5.41) is 2.83. The molecule has 28 heavy (non-hydrogen) atoms. The zero-order chi connectivity index (χ0) is 19.7. The number of fused-ring (bicyclic) bond motifs is 1. The third-order valence-corrected chi connectivity index (χ3v) is 7.89. The Bertz CT molecular complexity index is 1110. The van der Waals surface area contributed by atoms with E-state index >= 15 is 0 Å². The van der Waals surface area contributed by atoms with Crippen LogP contribution < -0.4 is 5.32 Å². The van der Waals surface area contributed by atoms with E-state index in [-0.39, 0.29) is 16.8 Å². The topological polar surface area (TPSA) is 79.4 Å². The molecule has 6 nitrogen and oxygen atoms in total. The van der Waals surface area contributed by atoms with Gasteiger partial charge >= 0.3 is 0 Å². The predicted octanol–water partition coefficient (Wildman–Crippen LogP) is 4.11. The first-order chi connectivity index (χ1) is 13.4. The summed E-state index contributed by atoms with van der Waals surface area (Å²) < 4.78 is 28.4. The molecule has 2 aromatic carbocycles. The summed E-state index contributed by atoms with van der Waals surface area (Å²) in [6, 6.07) is 11.7. The zero-order valence-electron chi connectivity index (χ0n) is 15.5. The SMILES string of the molecule is CC1CCCCN1S(=O)(=O)c1ccc(C(=O)Nc2ccc3scnc3c2)cc1. The zero-order valence-corrected chi connectivity index (χ0v) is 17.1. The number of anilines is 1. The van der Waals surface area contributed by atoms with E-state index in [1.165, 1.54) is 12.1 Å². The lowest BCUT2D eigenvalue weighted by Gasteiger charge is -2.32. The van der Waals surface area contributed by atoms with Crippen LogP contribution in [0.15, 0.2) is 52.9 Å². The second-order valence-electron chi connectivity index (χ2n) is 6.97. The minimum absolute atomic E-state index is 0.00218. The molecule has 4 rings (SSSR count). The minimum Gasteiger partial charge on any atom is -0.322 e. The largest absolute Gasteiger partial charge is 0.322 e. The van der Waals surface area contributed by atoms with Crippen molar-refractivity contribution < 1.29 is 13.2 Å². The summed E-state index contributed by atoms with van der Waals surface area (Å²) in [5.74, 6) is -0.287. The third kappa shape index (κ3) is 3.67. The molecule has 0 bridgehead atoms. The van der Waals surface area contributed by atoms with Crippen molar-refractivity contribution in [3.8, 4) is 0 Å². The maximum Gasteiger partial charge on any atom is 0.255 e. The number of rotatable bonds is 4. The minimum atomic E-state index is -3.54. The van der Waals surface area contributed by atoms with E-state index in [1.54, 1.807) is 33.3 Å². The number of thiazole rings is 1. The van der Waals surface area contributed by atoms with Crippen LogP contribution in [0.3, 0.4) is 0 Å². The van der Waals surface area contributed by atoms with Gasteiger partial charge in [-0.1, -0.05) is 6.42 Å². The highest BCUT2D eigenvalue weighted by Crippen LogP contribution is 2.26. The van der Waals surface area contributed by atoms with Crippen LogP contribution in [0.5, 0.6) is 0 Å². The van der Waals surface area contributed by atoms with Crippen LogP contribution in [0.25, 0.3) is 10.2 Å². The van der Waals surface area contributed by atoms with Crippen LogP contribution in [0, 0.1) is 0 Å². The van der Waals surface area contributed by atoms with E-state index in [9.17, 15) is 13.2 Å². The third-order valence-electron chi connectivity index (χ3n) is 5.05.